The number of carbonyl (C=O) groups excluding carboxylic acids is 1. The normalized spacial score (nSPS) is 30.0. The number of rotatable bonds is 4. The fraction of sp³-hybridized carbons (Fsp3) is 0.680. The third-order valence-corrected chi connectivity index (χ3v) is 7.15. The molecule has 0 radical (unpaired) electrons. The molecule has 6 nitrogen and oxygen atoms in total. The van der Waals surface area contributed by atoms with E-state index in [0.29, 0.717) is 11.3 Å². The van der Waals surface area contributed by atoms with Crippen molar-refractivity contribution >= 4 is 22.0 Å². The van der Waals surface area contributed by atoms with Crippen molar-refractivity contribution in [3.8, 4) is 11.8 Å². The van der Waals surface area contributed by atoms with Crippen LogP contribution in [0.2, 0.25) is 0 Å². The molecule has 1 aromatic carbocycles. The molecule has 2 aliphatic heterocycles. The second-order valence-electron chi connectivity index (χ2n) is 10.3. The number of halogens is 1. The van der Waals surface area contributed by atoms with Crippen LogP contribution in [0.3, 0.4) is 0 Å². The van der Waals surface area contributed by atoms with Gasteiger partial charge in [0.05, 0.1) is 23.9 Å². The van der Waals surface area contributed by atoms with E-state index in [2.05, 4.69) is 22.0 Å². The zero-order valence-corrected chi connectivity index (χ0v) is 20.8. The van der Waals surface area contributed by atoms with Gasteiger partial charge in [0, 0.05) is 16.6 Å². The molecule has 1 unspecified atom stereocenters. The molecule has 3 aliphatic rings. The summed E-state index contributed by atoms with van der Waals surface area (Å²) in [6.45, 7) is 5.75. The van der Waals surface area contributed by atoms with Gasteiger partial charge in [-0.05, 0) is 90.3 Å². The third-order valence-electron chi connectivity index (χ3n) is 6.66. The summed E-state index contributed by atoms with van der Waals surface area (Å²) in [7, 11) is 0. The van der Waals surface area contributed by atoms with Crippen molar-refractivity contribution in [3.63, 3.8) is 0 Å². The fourth-order valence-electron chi connectivity index (χ4n) is 5.28. The minimum atomic E-state index is -0.463. The Morgan fingerprint density at radius 1 is 1.03 bits per heavy atom. The number of fused-ring (bicyclic) bond motifs is 2. The fourth-order valence-corrected chi connectivity index (χ4v) is 5.64. The van der Waals surface area contributed by atoms with Crippen molar-refractivity contribution in [1.82, 2.24) is 4.90 Å². The summed E-state index contributed by atoms with van der Waals surface area (Å²) in [5.74, 6) is 0.658. The number of hydrogen-bond acceptors (Lipinski definition) is 5. The van der Waals surface area contributed by atoms with Gasteiger partial charge >= 0.3 is 6.09 Å². The number of amides is 1. The van der Waals surface area contributed by atoms with E-state index in [1.807, 2.05) is 37.8 Å². The number of benzene rings is 1. The van der Waals surface area contributed by atoms with Crippen molar-refractivity contribution in [2.45, 2.75) is 108 Å². The van der Waals surface area contributed by atoms with Gasteiger partial charge in [-0.2, -0.15) is 5.26 Å². The lowest BCUT2D eigenvalue weighted by Crippen LogP contribution is -2.50. The topological polar surface area (TPSA) is 71.8 Å². The molecule has 2 saturated heterocycles. The molecule has 7 heteroatoms. The molecule has 1 saturated carbocycles. The third kappa shape index (κ3) is 5.58. The Bertz CT molecular complexity index is 856. The Hall–Kier alpha value is -1.78. The molecule has 0 N–H and O–H groups in total. The van der Waals surface area contributed by atoms with Crippen molar-refractivity contribution in [3.05, 3.63) is 28.2 Å². The molecule has 3 atom stereocenters. The van der Waals surface area contributed by atoms with Crippen LogP contribution in [0.5, 0.6) is 5.75 Å². The minimum Gasteiger partial charge on any atom is -0.489 e. The summed E-state index contributed by atoms with van der Waals surface area (Å²) >= 11 is 3.40. The van der Waals surface area contributed by atoms with E-state index in [-0.39, 0.29) is 36.5 Å². The van der Waals surface area contributed by atoms with E-state index in [9.17, 15) is 10.1 Å². The van der Waals surface area contributed by atoms with E-state index < -0.39 is 5.60 Å². The lowest BCUT2D eigenvalue weighted by atomic mass is 9.93. The first-order valence-corrected chi connectivity index (χ1v) is 12.5. The van der Waals surface area contributed by atoms with Gasteiger partial charge < -0.3 is 19.1 Å². The highest BCUT2D eigenvalue weighted by Crippen LogP contribution is 2.39. The monoisotopic (exact) mass is 504 g/mol. The van der Waals surface area contributed by atoms with Crippen LogP contribution in [0.15, 0.2) is 22.7 Å². The maximum atomic E-state index is 12.6. The van der Waals surface area contributed by atoms with Crippen LogP contribution in [0, 0.1) is 11.3 Å². The average Bonchev–Trinajstić information content (AvgIpc) is 3.00. The average molecular weight is 505 g/mol. The quantitative estimate of drug-likeness (QED) is 0.505. The molecule has 32 heavy (non-hydrogen) atoms. The summed E-state index contributed by atoms with van der Waals surface area (Å²) in [5.41, 5.74) is 0.0967. The van der Waals surface area contributed by atoms with Crippen molar-refractivity contribution in [2.75, 3.05) is 0 Å². The number of hydrogen-bond donors (Lipinski definition) is 0. The smallest absolute Gasteiger partial charge is 0.410 e. The van der Waals surface area contributed by atoms with Crippen LogP contribution in [-0.4, -0.2) is 47.0 Å². The highest BCUT2D eigenvalue weighted by atomic mass is 79.9. The van der Waals surface area contributed by atoms with Gasteiger partial charge in [0.1, 0.15) is 17.4 Å². The number of piperidine rings is 1. The Morgan fingerprint density at radius 2 is 1.66 bits per heavy atom. The number of nitrogens with zero attached hydrogens (tertiary/aromatic N) is 2. The Kier molecular flexibility index (Phi) is 7.02. The van der Waals surface area contributed by atoms with E-state index in [1.165, 1.54) is 0 Å². The second-order valence-corrected chi connectivity index (χ2v) is 11.2. The molecule has 3 fully saturated rings. The van der Waals surface area contributed by atoms with Gasteiger partial charge in [-0.15, -0.1) is 0 Å². The zero-order valence-electron chi connectivity index (χ0n) is 19.2. The van der Waals surface area contributed by atoms with E-state index in [4.69, 9.17) is 14.2 Å². The maximum Gasteiger partial charge on any atom is 0.410 e. The van der Waals surface area contributed by atoms with Crippen LogP contribution in [0.1, 0.15) is 77.7 Å². The van der Waals surface area contributed by atoms with Crippen LogP contribution in [0.4, 0.5) is 4.79 Å². The molecular weight excluding hydrogens is 472 g/mol. The Morgan fingerprint density at radius 3 is 2.25 bits per heavy atom. The number of carbonyl (C=O) groups is 1. The second kappa shape index (κ2) is 9.61. The lowest BCUT2D eigenvalue weighted by molar-refractivity contribution is -0.0812. The van der Waals surface area contributed by atoms with Crippen LogP contribution >= 0.6 is 15.9 Å². The molecule has 0 spiro atoms. The number of ether oxygens (including phenoxy) is 3. The van der Waals surface area contributed by atoms with Gasteiger partial charge in [-0.25, -0.2) is 4.79 Å². The Balaban J connectivity index is 1.25. The van der Waals surface area contributed by atoms with Gasteiger partial charge in [-0.3, -0.25) is 0 Å². The maximum absolute atomic E-state index is 12.6. The molecule has 174 valence electrons. The van der Waals surface area contributed by atoms with Gasteiger partial charge in [0.2, 0.25) is 0 Å². The van der Waals surface area contributed by atoms with Crippen LogP contribution in [0.25, 0.3) is 0 Å². The van der Waals surface area contributed by atoms with Crippen molar-refractivity contribution in [1.29, 1.82) is 5.26 Å². The summed E-state index contributed by atoms with van der Waals surface area (Å²) in [6, 6.07) is 8.23. The molecule has 4 rings (SSSR count). The van der Waals surface area contributed by atoms with E-state index >= 15 is 0 Å². The minimum absolute atomic E-state index is 0.119. The van der Waals surface area contributed by atoms with Gasteiger partial charge in [0.25, 0.3) is 0 Å². The standard InChI is InChI=1S/C25H33BrN2O4/c1-25(2,3)32-24(29)28-18-5-6-19(28)14-22(13-18)30-20-7-9-21(10-8-20)31-23-11-4-17(26)12-16(23)15-27/h4,11-12,18-22H,5-10,13-14H2,1-3H3/t18-,19+,20?,21?,22?. The van der Waals surface area contributed by atoms with E-state index in [0.717, 1.165) is 55.8 Å². The Labute approximate surface area is 199 Å². The lowest BCUT2D eigenvalue weighted by Gasteiger charge is -2.41. The highest BCUT2D eigenvalue weighted by molar-refractivity contribution is 9.10. The van der Waals surface area contributed by atoms with Gasteiger partial charge in [0.15, 0.2) is 0 Å². The summed E-state index contributed by atoms with van der Waals surface area (Å²) in [6.07, 6.45) is 8.06. The van der Waals surface area contributed by atoms with E-state index in [1.54, 1.807) is 6.07 Å². The summed E-state index contributed by atoms with van der Waals surface area (Å²) in [4.78, 5) is 14.6. The molecule has 1 aromatic rings. The number of nitriles is 1. The van der Waals surface area contributed by atoms with Crippen LogP contribution in [-0.2, 0) is 9.47 Å². The summed E-state index contributed by atoms with van der Waals surface area (Å²) < 4.78 is 19.2. The van der Waals surface area contributed by atoms with Crippen molar-refractivity contribution in [2.24, 2.45) is 0 Å². The molecule has 1 aliphatic carbocycles. The molecular formula is C25H33BrN2O4. The first-order chi connectivity index (χ1) is 15.2. The molecule has 1 amide bonds. The van der Waals surface area contributed by atoms with Crippen molar-refractivity contribution < 1.29 is 19.0 Å². The zero-order chi connectivity index (χ0) is 22.9. The van der Waals surface area contributed by atoms with Crippen LogP contribution < -0.4 is 4.74 Å². The molecule has 2 bridgehead atoms. The summed E-state index contributed by atoms with van der Waals surface area (Å²) in [5, 5.41) is 9.35. The predicted molar refractivity (Wildman–Crippen MR) is 125 cm³/mol. The first-order valence-electron chi connectivity index (χ1n) is 11.7. The highest BCUT2D eigenvalue weighted by Gasteiger charge is 2.45. The molecule has 0 aromatic heterocycles. The SMILES string of the molecule is CC(C)(C)OC(=O)N1[C@@H]2CC[C@H]1CC(OC1CCC(Oc3ccc(Br)cc3C#N)CC1)C2. The largest absolute Gasteiger partial charge is 0.489 e. The first kappa shape index (κ1) is 23.4. The van der Waals surface area contributed by atoms with Gasteiger partial charge in [-0.1, -0.05) is 15.9 Å². The molecule has 2 heterocycles. The predicted octanol–water partition coefficient (Wildman–Crippen LogP) is 5.96.